The second-order valence-corrected chi connectivity index (χ2v) is 4.47. The maximum absolute atomic E-state index is 8.93. The molecule has 0 fully saturated rings. The zero-order chi connectivity index (χ0) is 14.1. The van der Waals surface area contributed by atoms with Gasteiger partial charge in [-0.1, -0.05) is 13.8 Å². The van der Waals surface area contributed by atoms with Crippen molar-refractivity contribution in [3.63, 3.8) is 0 Å². The van der Waals surface area contributed by atoms with Crippen LogP contribution in [0, 0.1) is 11.3 Å². The molecule has 0 amide bonds. The van der Waals surface area contributed by atoms with Crippen molar-refractivity contribution < 1.29 is 0 Å². The molecule has 0 unspecified atom stereocenters. The minimum absolute atomic E-state index is 0.673. The summed E-state index contributed by atoms with van der Waals surface area (Å²) >= 11 is 0. The van der Waals surface area contributed by atoms with Crippen molar-refractivity contribution in [3.05, 3.63) is 23.9 Å². The molecule has 104 valence electrons. The lowest BCUT2D eigenvalue weighted by molar-refractivity contribution is 0.300. The van der Waals surface area contributed by atoms with Gasteiger partial charge in [0, 0.05) is 19.3 Å². The van der Waals surface area contributed by atoms with Crippen molar-refractivity contribution in [3.8, 4) is 6.07 Å². The fraction of sp³-hybridized carbons (Fsp3) is 0.600. The van der Waals surface area contributed by atoms with Gasteiger partial charge in [0.1, 0.15) is 5.82 Å². The Morgan fingerprint density at radius 1 is 1.16 bits per heavy atom. The molecule has 1 heterocycles. The van der Waals surface area contributed by atoms with Gasteiger partial charge < -0.3 is 9.80 Å². The van der Waals surface area contributed by atoms with Crippen LogP contribution in [-0.4, -0.2) is 42.6 Å². The summed E-state index contributed by atoms with van der Waals surface area (Å²) in [6, 6.07) is 5.77. The average Bonchev–Trinajstić information content (AvgIpc) is 2.47. The summed E-state index contributed by atoms with van der Waals surface area (Å²) in [7, 11) is 0. The average molecular weight is 260 g/mol. The summed E-state index contributed by atoms with van der Waals surface area (Å²) in [6.45, 7) is 11.7. The molecule has 0 bridgehead atoms. The van der Waals surface area contributed by atoms with E-state index >= 15 is 0 Å². The molecule has 19 heavy (non-hydrogen) atoms. The second-order valence-electron chi connectivity index (χ2n) is 4.47. The highest BCUT2D eigenvalue weighted by atomic mass is 15.2. The lowest BCUT2D eigenvalue weighted by Gasteiger charge is -2.24. The Kier molecular flexibility index (Phi) is 6.91. The number of hydrogen-bond donors (Lipinski definition) is 0. The van der Waals surface area contributed by atoms with E-state index in [1.165, 1.54) is 0 Å². The van der Waals surface area contributed by atoms with Crippen LogP contribution in [0.5, 0.6) is 0 Å². The van der Waals surface area contributed by atoms with Crippen LogP contribution in [-0.2, 0) is 0 Å². The molecule has 0 N–H and O–H groups in total. The fourth-order valence-electron chi connectivity index (χ4n) is 2.12. The quantitative estimate of drug-likeness (QED) is 0.720. The monoisotopic (exact) mass is 260 g/mol. The summed E-state index contributed by atoms with van der Waals surface area (Å²) < 4.78 is 0. The minimum Gasteiger partial charge on any atom is -0.357 e. The maximum atomic E-state index is 8.93. The first-order valence-corrected chi connectivity index (χ1v) is 7.08. The van der Waals surface area contributed by atoms with Gasteiger partial charge in [0.15, 0.2) is 0 Å². The van der Waals surface area contributed by atoms with Crippen molar-refractivity contribution in [1.29, 1.82) is 5.26 Å². The van der Waals surface area contributed by atoms with Gasteiger partial charge in [0.2, 0.25) is 0 Å². The molecular weight excluding hydrogens is 236 g/mol. The van der Waals surface area contributed by atoms with E-state index in [1.807, 2.05) is 6.07 Å². The Balaban J connectivity index is 2.55. The van der Waals surface area contributed by atoms with Crippen LogP contribution in [0.25, 0.3) is 0 Å². The van der Waals surface area contributed by atoms with Gasteiger partial charge in [0.05, 0.1) is 11.6 Å². The van der Waals surface area contributed by atoms with Crippen molar-refractivity contribution in [2.75, 3.05) is 37.6 Å². The summed E-state index contributed by atoms with van der Waals surface area (Å²) in [5.41, 5.74) is 0.673. The molecule has 0 saturated carbocycles. The Morgan fingerprint density at radius 2 is 1.89 bits per heavy atom. The van der Waals surface area contributed by atoms with Crippen molar-refractivity contribution in [2.24, 2.45) is 0 Å². The normalized spacial score (nSPS) is 10.5. The van der Waals surface area contributed by atoms with Crippen LogP contribution in [0.4, 0.5) is 5.82 Å². The number of nitriles is 1. The highest BCUT2D eigenvalue weighted by Crippen LogP contribution is 2.12. The largest absolute Gasteiger partial charge is 0.357 e. The number of rotatable bonds is 8. The first-order chi connectivity index (χ1) is 9.24. The van der Waals surface area contributed by atoms with E-state index < -0.39 is 0 Å². The summed E-state index contributed by atoms with van der Waals surface area (Å²) in [5, 5.41) is 8.93. The first-order valence-electron chi connectivity index (χ1n) is 7.08. The van der Waals surface area contributed by atoms with Crippen molar-refractivity contribution in [1.82, 2.24) is 9.88 Å². The molecule has 0 aliphatic carbocycles. The SMILES string of the molecule is CCN(CC)CCCN(CC)c1cc(C#N)ccn1. The highest BCUT2D eigenvalue weighted by molar-refractivity contribution is 5.44. The Hall–Kier alpha value is -1.60. The van der Waals surface area contributed by atoms with Crippen molar-refractivity contribution in [2.45, 2.75) is 27.2 Å². The third-order valence-electron chi connectivity index (χ3n) is 3.38. The molecule has 0 aliphatic heterocycles. The number of nitrogens with zero attached hydrogens (tertiary/aromatic N) is 4. The van der Waals surface area contributed by atoms with Crippen LogP contribution in [0.3, 0.4) is 0 Å². The first kappa shape index (κ1) is 15.5. The van der Waals surface area contributed by atoms with Gasteiger partial charge in [-0.25, -0.2) is 4.98 Å². The van der Waals surface area contributed by atoms with Crippen LogP contribution in [0.1, 0.15) is 32.8 Å². The zero-order valence-electron chi connectivity index (χ0n) is 12.3. The molecule has 1 rings (SSSR count). The molecule has 4 heteroatoms. The van der Waals surface area contributed by atoms with E-state index in [0.717, 1.165) is 45.0 Å². The van der Waals surface area contributed by atoms with Crippen molar-refractivity contribution >= 4 is 5.82 Å². The maximum Gasteiger partial charge on any atom is 0.129 e. The summed E-state index contributed by atoms with van der Waals surface area (Å²) in [5.74, 6) is 0.904. The predicted molar refractivity (Wildman–Crippen MR) is 79.2 cm³/mol. The van der Waals surface area contributed by atoms with E-state index in [4.69, 9.17) is 5.26 Å². The van der Waals surface area contributed by atoms with Gasteiger partial charge in [-0.2, -0.15) is 5.26 Å². The molecule has 1 aromatic rings. The van der Waals surface area contributed by atoms with Gasteiger partial charge in [-0.15, -0.1) is 0 Å². The Bertz CT molecular complexity index is 407. The molecular formula is C15H24N4. The third-order valence-corrected chi connectivity index (χ3v) is 3.38. The van der Waals surface area contributed by atoms with E-state index in [0.29, 0.717) is 5.56 Å². The lowest BCUT2D eigenvalue weighted by Crippen LogP contribution is -2.30. The van der Waals surface area contributed by atoms with Gasteiger partial charge in [-0.3, -0.25) is 0 Å². The highest BCUT2D eigenvalue weighted by Gasteiger charge is 2.07. The molecule has 0 radical (unpaired) electrons. The number of pyridine rings is 1. The van der Waals surface area contributed by atoms with Crippen LogP contribution >= 0.6 is 0 Å². The molecule has 0 aliphatic rings. The van der Waals surface area contributed by atoms with Gasteiger partial charge in [0.25, 0.3) is 0 Å². The zero-order valence-corrected chi connectivity index (χ0v) is 12.3. The summed E-state index contributed by atoms with van der Waals surface area (Å²) in [4.78, 5) is 9.01. The Labute approximate surface area is 116 Å². The minimum atomic E-state index is 0.673. The molecule has 0 atom stereocenters. The standard InChI is InChI=1S/C15H24N4/c1-4-18(5-2)10-7-11-19(6-3)15-12-14(13-16)8-9-17-15/h8-9,12H,4-7,10-11H2,1-3H3. The predicted octanol–water partition coefficient (Wildman–Crippen LogP) is 2.51. The second kappa shape index (κ2) is 8.49. The van der Waals surface area contributed by atoms with E-state index in [2.05, 4.69) is 41.6 Å². The van der Waals surface area contributed by atoms with E-state index in [-0.39, 0.29) is 0 Å². The number of hydrogen-bond acceptors (Lipinski definition) is 4. The number of aromatic nitrogens is 1. The van der Waals surface area contributed by atoms with E-state index in [9.17, 15) is 0 Å². The summed E-state index contributed by atoms with van der Waals surface area (Å²) in [6.07, 6.45) is 2.83. The Morgan fingerprint density at radius 3 is 2.47 bits per heavy atom. The number of anilines is 1. The lowest BCUT2D eigenvalue weighted by atomic mass is 10.2. The van der Waals surface area contributed by atoms with Crippen LogP contribution in [0.2, 0.25) is 0 Å². The van der Waals surface area contributed by atoms with Crippen LogP contribution in [0.15, 0.2) is 18.3 Å². The third kappa shape index (κ3) is 4.88. The van der Waals surface area contributed by atoms with E-state index in [1.54, 1.807) is 12.3 Å². The topological polar surface area (TPSA) is 43.2 Å². The smallest absolute Gasteiger partial charge is 0.129 e. The molecule has 1 aromatic heterocycles. The fourth-order valence-corrected chi connectivity index (χ4v) is 2.12. The van der Waals surface area contributed by atoms with Crippen LogP contribution < -0.4 is 4.90 Å². The molecule has 4 nitrogen and oxygen atoms in total. The van der Waals surface area contributed by atoms with Gasteiger partial charge >= 0.3 is 0 Å². The molecule has 0 spiro atoms. The van der Waals surface area contributed by atoms with Gasteiger partial charge in [-0.05, 0) is 45.1 Å². The molecule has 0 aromatic carbocycles. The molecule has 0 saturated heterocycles.